The molecule has 0 aromatic heterocycles. The third kappa shape index (κ3) is 1.97. The molecule has 0 aliphatic carbocycles. The highest BCUT2D eigenvalue weighted by Gasteiger charge is 2.32. The van der Waals surface area contributed by atoms with Crippen molar-refractivity contribution < 1.29 is 28.9 Å². The topological polar surface area (TPSA) is 82.1 Å². The van der Waals surface area contributed by atoms with Crippen molar-refractivity contribution in [3.63, 3.8) is 0 Å². The van der Waals surface area contributed by atoms with Crippen LogP contribution >= 0.6 is 0 Å². The molecule has 0 fully saturated rings. The Labute approximate surface area is 103 Å². The first-order valence-electron chi connectivity index (χ1n) is 5.25. The number of benzene rings is 1. The van der Waals surface area contributed by atoms with E-state index < -0.39 is 18.0 Å². The minimum atomic E-state index is -1.16. The van der Waals surface area contributed by atoms with Gasteiger partial charge in [0, 0.05) is 6.42 Å². The minimum Gasteiger partial charge on any atom is -0.493 e. The first kappa shape index (κ1) is 12.2. The van der Waals surface area contributed by atoms with Crippen LogP contribution in [0.5, 0.6) is 11.5 Å². The fourth-order valence-electron chi connectivity index (χ4n) is 1.85. The van der Waals surface area contributed by atoms with E-state index in [4.69, 9.17) is 19.3 Å². The van der Waals surface area contributed by atoms with E-state index in [2.05, 4.69) is 0 Å². The van der Waals surface area contributed by atoms with Gasteiger partial charge in [0.15, 0.2) is 11.5 Å². The van der Waals surface area contributed by atoms with Crippen LogP contribution in [0, 0.1) is 0 Å². The number of carbonyl (C=O) groups is 2. The molecule has 1 unspecified atom stereocenters. The van der Waals surface area contributed by atoms with Crippen LogP contribution < -0.4 is 9.47 Å². The molecule has 1 heterocycles. The number of hydrogen-bond donors (Lipinski definition) is 1. The van der Waals surface area contributed by atoms with Crippen LogP contribution in [0.3, 0.4) is 0 Å². The Hall–Kier alpha value is -2.24. The van der Waals surface area contributed by atoms with E-state index in [0.717, 1.165) is 0 Å². The Bertz CT molecular complexity index is 508. The second-order valence-electron chi connectivity index (χ2n) is 3.80. The van der Waals surface area contributed by atoms with Crippen molar-refractivity contribution in [1.82, 2.24) is 0 Å². The van der Waals surface area contributed by atoms with E-state index in [9.17, 15) is 9.59 Å². The van der Waals surface area contributed by atoms with Crippen molar-refractivity contribution in [2.75, 3.05) is 14.2 Å². The maximum atomic E-state index is 11.7. The lowest BCUT2D eigenvalue weighted by molar-refractivity contribution is -0.147. The van der Waals surface area contributed by atoms with Gasteiger partial charge < -0.3 is 19.3 Å². The van der Waals surface area contributed by atoms with Crippen molar-refractivity contribution >= 4 is 11.9 Å². The number of carboxylic acid groups (broad SMARTS) is 1. The van der Waals surface area contributed by atoms with Gasteiger partial charge in [0.2, 0.25) is 6.10 Å². The lowest BCUT2D eigenvalue weighted by atomic mass is 9.98. The zero-order valence-electron chi connectivity index (χ0n) is 9.93. The lowest BCUT2D eigenvalue weighted by Crippen LogP contribution is -2.34. The number of ether oxygens (including phenoxy) is 3. The van der Waals surface area contributed by atoms with Crippen molar-refractivity contribution in [1.29, 1.82) is 0 Å². The van der Waals surface area contributed by atoms with E-state index in [0.29, 0.717) is 22.6 Å². The molecule has 6 heteroatoms. The molecular formula is C12H12O6. The van der Waals surface area contributed by atoms with Crippen LogP contribution in [0.2, 0.25) is 0 Å². The highest BCUT2D eigenvalue weighted by Crippen LogP contribution is 2.33. The molecule has 0 spiro atoms. The number of carboxylic acids is 1. The Morgan fingerprint density at radius 3 is 2.50 bits per heavy atom. The van der Waals surface area contributed by atoms with Crippen LogP contribution in [0.4, 0.5) is 0 Å². The van der Waals surface area contributed by atoms with Gasteiger partial charge in [-0.2, -0.15) is 0 Å². The summed E-state index contributed by atoms with van der Waals surface area (Å²) in [5.41, 5.74) is 0.890. The van der Waals surface area contributed by atoms with Crippen LogP contribution in [-0.2, 0) is 16.0 Å². The first-order valence-corrected chi connectivity index (χ1v) is 5.25. The summed E-state index contributed by atoms with van der Waals surface area (Å²) in [6.07, 6.45) is -1.03. The lowest BCUT2D eigenvalue weighted by Gasteiger charge is -2.22. The molecule has 1 aliphatic heterocycles. The van der Waals surface area contributed by atoms with E-state index >= 15 is 0 Å². The molecule has 2 rings (SSSR count). The van der Waals surface area contributed by atoms with Crippen molar-refractivity contribution in [3.8, 4) is 11.5 Å². The second kappa shape index (κ2) is 4.56. The number of methoxy groups -OCH3 is 2. The van der Waals surface area contributed by atoms with Gasteiger partial charge in [-0.3, -0.25) is 0 Å². The van der Waals surface area contributed by atoms with E-state index in [1.807, 2.05) is 0 Å². The Morgan fingerprint density at radius 2 is 1.94 bits per heavy atom. The zero-order valence-corrected chi connectivity index (χ0v) is 9.93. The van der Waals surface area contributed by atoms with Crippen LogP contribution in [0.15, 0.2) is 12.1 Å². The van der Waals surface area contributed by atoms with Gasteiger partial charge in [-0.05, 0) is 17.7 Å². The van der Waals surface area contributed by atoms with E-state index in [1.54, 1.807) is 6.07 Å². The second-order valence-corrected chi connectivity index (χ2v) is 3.80. The van der Waals surface area contributed by atoms with Crippen LogP contribution in [0.1, 0.15) is 15.9 Å². The summed E-state index contributed by atoms with van der Waals surface area (Å²) in [5.74, 6) is -0.967. The fourth-order valence-corrected chi connectivity index (χ4v) is 1.85. The molecule has 0 saturated heterocycles. The molecule has 1 aliphatic rings. The largest absolute Gasteiger partial charge is 0.493 e. The van der Waals surface area contributed by atoms with Gasteiger partial charge >= 0.3 is 11.9 Å². The van der Waals surface area contributed by atoms with E-state index in [1.165, 1.54) is 20.3 Å². The third-order valence-electron chi connectivity index (χ3n) is 2.76. The molecule has 6 nitrogen and oxygen atoms in total. The standard InChI is InChI=1S/C12H12O6/c1-16-8-3-6-4-10(11(13)14)18-12(15)7(6)5-9(8)17-2/h3,5,10H,4H2,1-2H3,(H,13,14). The summed E-state index contributed by atoms with van der Waals surface area (Å²) >= 11 is 0. The average Bonchev–Trinajstić information content (AvgIpc) is 2.36. The quantitative estimate of drug-likeness (QED) is 0.804. The monoisotopic (exact) mass is 252 g/mol. The Morgan fingerprint density at radius 1 is 1.33 bits per heavy atom. The predicted octanol–water partition coefficient (Wildman–Crippen LogP) is 0.870. The summed E-state index contributed by atoms with van der Waals surface area (Å²) in [4.78, 5) is 22.5. The van der Waals surface area contributed by atoms with Crippen LogP contribution in [-0.4, -0.2) is 37.4 Å². The average molecular weight is 252 g/mol. The van der Waals surface area contributed by atoms with Gasteiger partial charge in [-0.1, -0.05) is 0 Å². The van der Waals surface area contributed by atoms with Gasteiger partial charge in [-0.25, -0.2) is 9.59 Å². The number of fused-ring (bicyclic) bond motifs is 1. The maximum absolute atomic E-state index is 11.7. The summed E-state index contributed by atoms with van der Waals surface area (Å²) in [5, 5.41) is 8.88. The summed E-state index contributed by atoms with van der Waals surface area (Å²) in [6.45, 7) is 0. The fraction of sp³-hybridized carbons (Fsp3) is 0.333. The summed E-state index contributed by atoms with van der Waals surface area (Å²) in [7, 11) is 2.93. The maximum Gasteiger partial charge on any atom is 0.345 e. The normalized spacial score (nSPS) is 17.7. The number of esters is 1. The molecule has 1 atom stereocenters. The van der Waals surface area contributed by atoms with Crippen molar-refractivity contribution in [3.05, 3.63) is 23.3 Å². The molecule has 96 valence electrons. The first-order chi connectivity index (χ1) is 8.56. The molecule has 18 heavy (non-hydrogen) atoms. The highest BCUT2D eigenvalue weighted by molar-refractivity contribution is 5.95. The summed E-state index contributed by atoms with van der Waals surface area (Å²) < 4.78 is 15.0. The molecule has 0 saturated carbocycles. The minimum absolute atomic E-state index is 0.122. The molecular weight excluding hydrogens is 240 g/mol. The molecule has 1 aromatic carbocycles. The predicted molar refractivity (Wildman–Crippen MR) is 60.1 cm³/mol. The summed E-state index contributed by atoms with van der Waals surface area (Å²) in [6, 6.07) is 3.10. The molecule has 0 amide bonds. The highest BCUT2D eigenvalue weighted by atomic mass is 16.6. The number of hydrogen-bond acceptors (Lipinski definition) is 5. The van der Waals surface area contributed by atoms with Crippen molar-refractivity contribution in [2.24, 2.45) is 0 Å². The zero-order chi connectivity index (χ0) is 13.3. The van der Waals surface area contributed by atoms with Gasteiger partial charge in [0.05, 0.1) is 19.8 Å². The molecule has 0 bridgehead atoms. The van der Waals surface area contributed by atoms with Gasteiger partial charge in [-0.15, -0.1) is 0 Å². The number of cyclic esters (lactones) is 1. The number of carbonyl (C=O) groups excluding carboxylic acids is 1. The number of rotatable bonds is 3. The van der Waals surface area contributed by atoms with E-state index in [-0.39, 0.29) is 6.42 Å². The molecule has 1 N–H and O–H groups in total. The van der Waals surface area contributed by atoms with Gasteiger partial charge in [0.1, 0.15) is 0 Å². The van der Waals surface area contributed by atoms with Crippen LogP contribution in [0.25, 0.3) is 0 Å². The smallest absolute Gasteiger partial charge is 0.345 e. The SMILES string of the molecule is COc1cc2c(cc1OC)C(=O)OC(C(=O)O)C2. The Balaban J connectivity index is 2.47. The van der Waals surface area contributed by atoms with Crippen molar-refractivity contribution in [2.45, 2.75) is 12.5 Å². The molecule has 1 aromatic rings. The molecule has 0 radical (unpaired) electrons. The number of aliphatic carboxylic acids is 1. The van der Waals surface area contributed by atoms with Gasteiger partial charge in [0.25, 0.3) is 0 Å². The Kier molecular flexibility index (Phi) is 3.10. The third-order valence-corrected chi connectivity index (χ3v) is 2.76.